The fourth-order valence-corrected chi connectivity index (χ4v) is 1.45. The monoisotopic (exact) mass is 281 g/mol. The number of aryl methyl sites for hydroxylation is 1. The topological polar surface area (TPSA) is 70.2 Å². The highest BCUT2D eigenvalue weighted by Crippen LogP contribution is 2.14. The van der Waals surface area contributed by atoms with Gasteiger partial charge < -0.3 is 10.6 Å². The molecule has 1 aromatic carbocycles. The maximum absolute atomic E-state index is 13.5. The van der Waals surface area contributed by atoms with Crippen LogP contribution in [0.15, 0.2) is 18.2 Å². The number of anilines is 1. The van der Waals surface area contributed by atoms with E-state index in [1.807, 2.05) is 13.8 Å². The second kappa shape index (κ2) is 7.47. The number of carbonyl (C=O) groups is 2. The molecule has 0 fully saturated rings. The van der Waals surface area contributed by atoms with Crippen LogP contribution in [0.2, 0.25) is 0 Å². The molecule has 3 amide bonds. The van der Waals surface area contributed by atoms with E-state index in [1.165, 1.54) is 6.07 Å². The van der Waals surface area contributed by atoms with Gasteiger partial charge in [-0.1, -0.05) is 19.9 Å². The molecular weight excluding hydrogens is 261 g/mol. The largest absolute Gasteiger partial charge is 0.374 e. The van der Waals surface area contributed by atoms with E-state index in [0.29, 0.717) is 12.5 Å². The number of benzene rings is 1. The highest BCUT2D eigenvalue weighted by atomic mass is 19.1. The summed E-state index contributed by atoms with van der Waals surface area (Å²) in [6, 6.07) is 4.11. The minimum atomic E-state index is -0.546. The van der Waals surface area contributed by atoms with Gasteiger partial charge >= 0.3 is 6.03 Å². The van der Waals surface area contributed by atoms with Crippen LogP contribution in [0.5, 0.6) is 0 Å². The van der Waals surface area contributed by atoms with Crippen molar-refractivity contribution in [1.82, 2.24) is 10.6 Å². The predicted molar refractivity (Wildman–Crippen MR) is 76.0 cm³/mol. The molecule has 0 bridgehead atoms. The molecule has 0 aliphatic rings. The number of urea groups is 1. The molecule has 3 N–H and O–H groups in total. The average molecular weight is 281 g/mol. The Balaban J connectivity index is 2.38. The molecule has 0 saturated carbocycles. The van der Waals surface area contributed by atoms with Gasteiger partial charge in [0.15, 0.2) is 0 Å². The van der Waals surface area contributed by atoms with Gasteiger partial charge in [0.05, 0.1) is 12.2 Å². The van der Waals surface area contributed by atoms with Crippen LogP contribution in [0.1, 0.15) is 19.4 Å². The zero-order chi connectivity index (χ0) is 15.1. The van der Waals surface area contributed by atoms with Crippen LogP contribution in [0.3, 0.4) is 0 Å². The molecule has 0 aliphatic heterocycles. The molecule has 6 heteroatoms. The second-order valence-electron chi connectivity index (χ2n) is 4.99. The summed E-state index contributed by atoms with van der Waals surface area (Å²) in [7, 11) is 0. The predicted octanol–water partition coefficient (Wildman–Crippen LogP) is 2.03. The van der Waals surface area contributed by atoms with Gasteiger partial charge in [-0.3, -0.25) is 10.1 Å². The molecule has 0 unspecified atom stereocenters. The van der Waals surface area contributed by atoms with Crippen LogP contribution in [0.25, 0.3) is 0 Å². The lowest BCUT2D eigenvalue weighted by Crippen LogP contribution is -2.43. The number of nitrogens with one attached hydrogen (secondary N) is 3. The number of imide groups is 1. The van der Waals surface area contributed by atoms with Crippen LogP contribution in [0.4, 0.5) is 14.9 Å². The fourth-order valence-electron chi connectivity index (χ4n) is 1.45. The van der Waals surface area contributed by atoms with Gasteiger partial charge in [0.25, 0.3) is 0 Å². The normalized spacial score (nSPS) is 10.2. The summed E-state index contributed by atoms with van der Waals surface area (Å²) in [5.74, 6) is -0.649. The Morgan fingerprint density at radius 2 is 2.00 bits per heavy atom. The standard InChI is InChI=1S/C14H20FN3O2/c1-9(2)7-17-14(20)18-13(19)8-16-12-5-4-10(3)6-11(12)15/h4-6,9,16H,7-8H2,1-3H3,(H2,17,18,19,20). The number of rotatable bonds is 5. The van der Waals surface area contributed by atoms with Gasteiger partial charge in [-0.05, 0) is 30.5 Å². The van der Waals surface area contributed by atoms with Crippen molar-refractivity contribution in [2.24, 2.45) is 5.92 Å². The molecule has 0 aromatic heterocycles. The van der Waals surface area contributed by atoms with Crippen LogP contribution in [-0.2, 0) is 4.79 Å². The van der Waals surface area contributed by atoms with E-state index in [4.69, 9.17) is 0 Å². The molecule has 0 spiro atoms. The van der Waals surface area contributed by atoms with E-state index in [1.54, 1.807) is 19.1 Å². The third-order valence-electron chi connectivity index (χ3n) is 2.49. The summed E-state index contributed by atoms with van der Waals surface area (Å²) >= 11 is 0. The van der Waals surface area contributed by atoms with E-state index >= 15 is 0 Å². The maximum Gasteiger partial charge on any atom is 0.321 e. The third kappa shape index (κ3) is 5.69. The minimum Gasteiger partial charge on any atom is -0.374 e. The van der Waals surface area contributed by atoms with Gasteiger partial charge in [-0.15, -0.1) is 0 Å². The van der Waals surface area contributed by atoms with Gasteiger partial charge in [0.1, 0.15) is 5.82 Å². The molecule has 0 aliphatic carbocycles. The van der Waals surface area contributed by atoms with Crippen molar-refractivity contribution in [3.05, 3.63) is 29.6 Å². The first-order valence-electron chi connectivity index (χ1n) is 6.46. The Morgan fingerprint density at radius 1 is 1.30 bits per heavy atom. The Morgan fingerprint density at radius 3 is 2.60 bits per heavy atom. The fraction of sp³-hybridized carbons (Fsp3) is 0.429. The Bertz CT molecular complexity index is 489. The first-order valence-corrected chi connectivity index (χ1v) is 6.46. The Labute approximate surface area is 117 Å². The van der Waals surface area contributed by atoms with E-state index in [-0.39, 0.29) is 12.2 Å². The first-order chi connectivity index (χ1) is 9.38. The van der Waals surface area contributed by atoms with Gasteiger partial charge in [0, 0.05) is 6.54 Å². The maximum atomic E-state index is 13.5. The van der Waals surface area contributed by atoms with E-state index in [2.05, 4.69) is 16.0 Å². The first kappa shape index (κ1) is 15.9. The molecule has 110 valence electrons. The van der Waals surface area contributed by atoms with Crippen molar-refractivity contribution in [1.29, 1.82) is 0 Å². The molecule has 1 aromatic rings. The second-order valence-corrected chi connectivity index (χ2v) is 4.99. The van der Waals surface area contributed by atoms with Crippen molar-refractivity contribution >= 4 is 17.6 Å². The average Bonchev–Trinajstić information content (AvgIpc) is 2.35. The third-order valence-corrected chi connectivity index (χ3v) is 2.49. The van der Waals surface area contributed by atoms with Crippen molar-refractivity contribution < 1.29 is 14.0 Å². The molecule has 0 saturated heterocycles. The molecule has 20 heavy (non-hydrogen) atoms. The lowest BCUT2D eigenvalue weighted by atomic mass is 10.2. The lowest BCUT2D eigenvalue weighted by Gasteiger charge is -2.10. The SMILES string of the molecule is Cc1ccc(NCC(=O)NC(=O)NCC(C)C)c(F)c1. The quantitative estimate of drug-likeness (QED) is 0.773. The molecule has 0 heterocycles. The van der Waals surface area contributed by atoms with Gasteiger partial charge in [-0.25, -0.2) is 9.18 Å². The van der Waals surface area contributed by atoms with Crippen LogP contribution in [-0.4, -0.2) is 25.0 Å². The van der Waals surface area contributed by atoms with E-state index in [0.717, 1.165) is 5.56 Å². The summed E-state index contributed by atoms with van der Waals surface area (Å²) in [5.41, 5.74) is 1.03. The van der Waals surface area contributed by atoms with Crippen LogP contribution < -0.4 is 16.0 Å². The molecule has 5 nitrogen and oxygen atoms in total. The van der Waals surface area contributed by atoms with Gasteiger partial charge in [-0.2, -0.15) is 0 Å². The number of halogens is 1. The zero-order valence-electron chi connectivity index (χ0n) is 11.9. The Hall–Kier alpha value is -2.11. The summed E-state index contributed by atoms with van der Waals surface area (Å²) in [6.07, 6.45) is 0. The smallest absolute Gasteiger partial charge is 0.321 e. The number of amides is 3. The lowest BCUT2D eigenvalue weighted by molar-refractivity contribution is -0.118. The number of hydrogen-bond acceptors (Lipinski definition) is 3. The number of carbonyl (C=O) groups excluding carboxylic acids is 2. The zero-order valence-corrected chi connectivity index (χ0v) is 11.9. The summed E-state index contributed by atoms with van der Waals surface area (Å²) in [5, 5.41) is 7.36. The van der Waals surface area contributed by atoms with Crippen molar-refractivity contribution in [3.63, 3.8) is 0 Å². The molecule has 0 radical (unpaired) electrons. The summed E-state index contributed by atoms with van der Waals surface area (Å²) in [6.45, 7) is 5.99. The minimum absolute atomic E-state index is 0.172. The molecule has 1 rings (SSSR count). The molecular formula is C14H20FN3O2. The van der Waals surface area contributed by atoms with Crippen LogP contribution in [0, 0.1) is 18.7 Å². The highest BCUT2D eigenvalue weighted by molar-refractivity contribution is 5.96. The van der Waals surface area contributed by atoms with E-state index < -0.39 is 17.8 Å². The molecule has 0 atom stereocenters. The highest BCUT2D eigenvalue weighted by Gasteiger charge is 2.09. The van der Waals surface area contributed by atoms with Crippen LogP contribution >= 0.6 is 0 Å². The van der Waals surface area contributed by atoms with Crippen molar-refractivity contribution in [2.75, 3.05) is 18.4 Å². The van der Waals surface area contributed by atoms with Crippen molar-refractivity contribution in [2.45, 2.75) is 20.8 Å². The van der Waals surface area contributed by atoms with Crippen molar-refractivity contribution in [3.8, 4) is 0 Å². The summed E-state index contributed by atoms with van der Waals surface area (Å²) < 4.78 is 13.5. The van der Waals surface area contributed by atoms with Gasteiger partial charge in [0.2, 0.25) is 5.91 Å². The Kier molecular flexibility index (Phi) is 5.96. The number of hydrogen-bond donors (Lipinski definition) is 3. The summed E-state index contributed by atoms with van der Waals surface area (Å²) in [4.78, 5) is 22.8. The van der Waals surface area contributed by atoms with E-state index in [9.17, 15) is 14.0 Å².